The number of ether oxygens (including phenoxy) is 1. The molecule has 6 nitrogen and oxygen atoms in total. The van der Waals surface area contributed by atoms with E-state index in [0.717, 1.165) is 4.90 Å². The van der Waals surface area contributed by atoms with Crippen molar-refractivity contribution in [3.8, 4) is 0 Å². The number of nitrogen functional groups attached to an aromatic ring is 1. The number of carbonyl (C=O) groups excluding carboxylic acids is 3. The highest BCUT2D eigenvalue weighted by molar-refractivity contribution is 6.21. The number of amides is 2. The summed E-state index contributed by atoms with van der Waals surface area (Å²) in [6, 6.07) is 4.57. The lowest BCUT2D eigenvalue weighted by Gasteiger charge is -2.26. The summed E-state index contributed by atoms with van der Waals surface area (Å²) in [7, 11) is 1.27. The van der Waals surface area contributed by atoms with Crippen molar-refractivity contribution in [1.29, 1.82) is 0 Å². The molecule has 0 spiro atoms. The average molecular weight is 276 g/mol. The zero-order chi connectivity index (χ0) is 15.1. The molecule has 106 valence electrons. The highest BCUT2D eigenvalue weighted by atomic mass is 16.5. The third kappa shape index (κ3) is 2.13. The van der Waals surface area contributed by atoms with E-state index in [4.69, 9.17) is 5.73 Å². The van der Waals surface area contributed by atoms with Crippen molar-refractivity contribution >= 4 is 23.5 Å². The number of nitrogens with two attached hydrogens (primary N) is 1. The molecule has 1 aliphatic rings. The van der Waals surface area contributed by atoms with Crippen molar-refractivity contribution in [2.75, 3.05) is 19.4 Å². The minimum Gasteiger partial charge on any atom is -0.469 e. The quantitative estimate of drug-likeness (QED) is 0.506. The Labute approximate surface area is 116 Å². The van der Waals surface area contributed by atoms with E-state index < -0.39 is 23.2 Å². The lowest BCUT2D eigenvalue weighted by atomic mass is 9.93. The van der Waals surface area contributed by atoms with Gasteiger partial charge in [0.05, 0.1) is 23.7 Å². The minimum atomic E-state index is -0.965. The van der Waals surface area contributed by atoms with E-state index in [2.05, 4.69) is 4.74 Å². The van der Waals surface area contributed by atoms with Crippen LogP contribution in [0.2, 0.25) is 0 Å². The van der Waals surface area contributed by atoms with Crippen molar-refractivity contribution in [3.05, 3.63) is 29.3 Å². The number of rotatable bonds is 3. The molecule has 1 aromatic carbocycles. The van der Waals surface area contributed by atoms with Crippen molar-refractivity contribution < 1.29 is 19.1 Å². The SMILES string of the molecule is COC(=O)C(C)(C)CN1C(=O)c2ccc(N)cc2C1=O. The van der Waals surface area contributed by atoms with Crippen LogP contribution in [0.25, 0.3) is 0 Å². The molecule has 0 bridgehead atoms. The zero-order valence-corrected chi connectivity index (χ0v) is 11.6. The Kier molecular flexibility index (Phi) is 3.25. The predicted molar refractivity (Wildman–Crippen MR) is 72.0 cm³/mol. The highest BCUT2D eigenvalue weighted by Crippen LogP contribution is 2.28. The van der Waals surface area contributed by atoms with Gasteiger partial charge in [0.1, 0.15) is 0 Å². The molecule has 1 aliphatic heterocycles. The highest BCUT2D eigenvalue weighted by Gasteiger charge is 2.41. The second-order valence-corrected chi connectivity index (χ2v) is 5.38. The molecule has 2 N–H and O–H groups in total. The molecule has 0 saturated heterocycles. The maximum absolute atomic E-state index is 12.2. The number of anilines is 1. The normalized spacial score (nSPS) is 14.4. The molecule has 6 heteroatoms. The molecule has 0 saturated carbocycles. The Hall–Kier alpha value is -2.37. The maximum Gasteiger partial charge on any atom is 0.313 e. The summed E-state index contributed by atoms with van der Waals surface area (Å²) < 4.78 is 4.68. The summed E-state index contributed by atoms with van der Waals surface area (Å²) in [4.78, 5) is 37.2. The Morgan fingerprint density at radius 2 is 1.85 bits per heavy atom. The molecule has 0 radical (unpaired) electrons. The van der Waals surface area contributed by atoms with Crippen LogP contribution in [0.4, 0.5) is 5.69 Å². The van der Waals surface area contributed by atoms with Crippen LogP contribution in [0.1, 0.15) is 34.6 Å². The van der Waals surface area contributed by atoms with Gasteiger partial charge in [-0.2, -0.15) is 0 Å². The Balaban J connectivity index is 2.32. The van der Waals surface area contributed by atoms with Crippen LogP contribution >= 0.6 is 0 Å². The minimum absolute atomic E-state index is 0.0358. The van der Waals surface area contributed by atoms with Gasteiger partial charge in [0.2, 0.25) is 0 Å². The van der Waals surface area contributed by atoms with E-state index in [-0.39, 0.29) is 12.1 Å². The van der Waals surface area contributed by atoms with E-state index in [1.54, 1.807) is 19.9 Å². The molecule has 2 amide bonds. The molecule has 0 fully saturated rings. The Morgan fingerprint density at radius 3 is 2.45 bits per heavy atom. The van der Waals surface area contributed by atoms with Crippen molar-refractivity contribution in [1.82, 2.24) is 4.90 Å². The number of fused-ring (bicyclic) bond motifs is 1. The number of methoxy groups -OCH3 is 1. The summed E-state index contributed by atoms with van der Waals surface area (Å²) in [5.74, 6) is -1.33. The lowest BCUT2D eigenvalue weighted by Crippen LogP contribution is -2.42. The largest absolute Gasteiger partial charge is 0.469 e. The van der Waals surface area contributed by atoms with Crippen LogP contribution in [0.5, 0.6) is 0 Å². The van der Waals surface area contributed by atoms with Gasteiger partial charge in [-0.1, -0.05) is 0 Å². The predicted octanol–water partition coefficient (Wildman–Crippen LogP) is 1.06. The number of nitrogens with zero attached hydrogens (tertiary/aromatic N) is 1. The number of benzene rings is 1. The summed E-state index contributed by atoms with van der Waals surface area (Å²) in [5, 5.41) is 0. The summed E-state index contributed by atoms with van der Waals surface area (Å²) >= 11 is 0. The first-order chi connectivity index (χ1) is 9.27. The zero-order valence-electron chi connectivity index (χ0n) is 11.6. The van der Waals surface area contributed by atoms with E-state index in [9.17, 15) is 14.4 Å². The van der Waals surface area contributed by atoms with Gasteiger partial charge >= 0.3 is 5.97 Å². The van der Waals surface area contributed by atoms with E-state index in [0.29, 0.717) is 11.3 Å². The van der Waals surface area contributed by atoms with Gasteiger partial charge in [-0.3, -0.25) is 19.3 Å². The molecular weight excluding hydrogens is 260 g/mol. The smallest absolute Gasteiger partial charge is 0.313 e. The van der Waals surface area contributed by atoms with Crippen LogP contribution in [0.15, 0.2) is 18.2 Å². The van der Waals surface area contributed by atoms with Gasteiger partial charge < -0.3 is 10.5 Å². The van der Waals surface area contributed by atoms with Gasteiger partial charge in [-0.25, -0.2) is 0 Å². The summed E-state index contributed by atoms with van der Waals surface area (Å²) in [6.07, 6.45) is 0. The topological polar surface area (TPSA) is 89.7 Å². The first kappa shape index (κ1) is 14.0. The Morgan fingerprint density at radius 1 is 1.25 bits per heavy atom. The second-order valence-electron chi connectivity index (χ2n) is 5.38. The van der Waals surface area contributed by atoms with Gasteiger partial charge in [0.15, 0.2) is 0 Å². The number of imide groups is 1. The molecule has 20 heavy (non-hydrogen) atoms. The summed E-state index contributed by atoms with van der Waals surface area (Å²) in [5.41, 5.74) is 5.66. The number of carbonyl (C=O) groups is 3. The van der Waals surface area contributed by atoms with Crippen molar-refractivity contribution in [3.63, 3.8) is 0 Å². The lowest BCUT2D eigenvalue weighted by molar-refractivity contribution is -0.151. The van der Waals surface area contributed by atoms with Crippen LogP contribution in [0.3, 0.4) is 0 Å². The second kappa shape index (κ2) is 4.63. The van der Waals surface area contributed by atoms with Crippen molar-refractivity contribution in [2.45, 2.75) is 13.8 Å². The van der Waals surface area contributed by atoms with Crippen molar-refractivity contribution in [2.24, 2.45) is 5.41 Å². The van der Waals surface area contributed by atoms with Gasteiger partial charge in [0.25, 0.3) is 11.8 Å². The van der Waals surface area contributed by atoms with E-state index in [1.165, 1.54) is 19.2 Å². The van der Waals surface area contributed by atoms with Gasteiger partial charge in [0, 0.05) is 12.2 Å². The molecule has 0 atom stereocenters. The molecule has 0 aromatic heterocycles. The average Bonchev–Trinajstić information content (AvgIpc) is 2.62. The number of esters is 1. The third-order valence-corrected chi connectivity index (χ3v) is 3.29. The van der Waals surface area contributed by atoms with Crippen LogP contribution in [-0.4, -0.2) is 36.3 Å². The first-order valence-corrected chi connectivity index (χ1v) is 6.12. The fourth-order valence-corrected chi connectivity index (χ4v) is 2.19. The van der Waals surface area contributed by atoms with Gasteiger partial charge in [-0.05, 0) is 32.0 Å². The third-order valence-electron chi connectivity index (χ3n) is 3.29. The van der Waals surface area contributed by atoms with Crippen LogP contribution < -0.4 is 5.73 Å². The fraction of sp³-hybridized carbons (Fsp3) is 0.357. The first-order valence-electron chi connectivity index (χ1n) is 6.12. The van der Waals surface area contributed by atoms with Crippen LogP contribution in [-0.2, 0) is 9.53 Å². The maximum atomic E-state index is 12.2. The monoisotopic (exact) mass is 276 g/mol. The van der Waals surface area contributed by atoms with E-state index >= 15 is 0 Å². The molecule has 0 unspecified atom stereocenters. The number of hydrogen-bond acceptors (Lipinski definition) is 5. The van der Waals surface area contributed by atoms with Crippen LogP contribution in [0, 0.1) is 5.41 Å². The Bertz CT molecular complexity index is 607. The molecule has 2 rings (SSSR count). The molecule has 0 aliphatic carbocycles. The standard InChI is InChI=1S/C14H16N2O4/c1-14(2,13(19)20-3)7-16-11(17)9-5-4-8(15)6-10(9)12(16)18/h4-6H,7,15H2,1-3H3. The van der Waals surface area contributed by atoms with E-state index in [1.807, 2.05) is 0 Å². The molecule has 1 heterocycles. The van der Waals surface area contributed by atoms with Gasteiger partial charge in [-0.15, -0.1) is 0 Å². The molecular formula is C14H16N2O4. The summed E-state index contributed by atoms with van der Waals surface area (Å²) in [6.45, 7) is 3.21. The molecule has 1 aromatic rings. The number of hydrogen-bond donors (Lipinski definition) is 1. The fourth-order valence-electron chi connectivity index (χ4n) is 2.19.